The molecule has 8 nitrogen and oxygen atoms in total. The molecular weight excluding hydrogens is 700 g/mol. The van der Waals surface area contributed by atoms with E-state index < -0.39 is 23.9 Å². The fraction of sp³-hybridized carbons (Fsp3) is 0.900. The summed E-state index contributed by atoms with van der Waals surface area (Å²) in [5.41, 5.74) is 0. The number of carboxylic acids is 4. The van der Waals surface area contributed by atoms with Crippen LogP contribution in [0.5, 0.6) is 0 Å². The largest absolute Gasteiger partial charge is 4.00 e. The third-order valence-electron chi connectivity index (χ3n) is 7.65. The van der Waals surface area contributed by atoms with Crippen molar-refractivity contribution in [1.82, 2.24) is 0 Å². The summed E-state index contributed by atoms with van der Waals surface area (Å²) in [6.45, 7) is 17.7. The van der Waals surface area contributed by atoms with Crippen molar-refractivity contribution in [3.05, 3.63) is 0 Å². The number of carbonyl (C=O) groups is 4. The molecule has 0 aromatic carbocycles. The first-order valence-corrected chi connectivity index (χ1v) is 19.3. The molecular formula is C40H76O8Zr. The van der Waals surface area contributed by atoms with E-state index >= 15 is 0 Å². The van der Waals surface area contributed by atoms with Gasteiger partial charge in [0.2, 0.25) is 0 Å². The molecule has 0 aliphatic carbocycles. The SMILES string of the molecule is CC(C)CCCCCCC(=O)[O-].CC(C)CCCCCCC(=O)[O-].CC(C)CCCCCCC(=O)[O-].CC(C)CCCCCCC(=O)[O-].[Zr+4]. The van der Waals surface area contributed by atoms with Crippen molar-refractivity contribution in [2.24, 2.45) is 23.7 Å². The van der Waals surface area contributed by atoms with Crippen LogP contribution in [0.15, 0.2) is 0 Å². The van der Waals surface area contributed by atoms with Gasteiger partial charge in [-0.3, -0.25) is 0 Å². The van der Waals surface area contributed by atoms with Crippen LogP contribution in [0.2, 0.25) is 0 Å². The van der Waals surface area contributed by atoms with Gasteiger partial charge in [-0.05, 0) is 75.0 Å². The Bertz CT molecular complexity index is 603. The molecule has 0 saturated carbocycles. The van der Waals surface area contributed by atoms with Crippen LogP contribution in [0.1, 0.15) is 209 Å². The van der Waals surface area contributed by atoms with Gasteiger partial charge in [-0.1, -0.05) is 158 Å². The zero-order valence-electron chi connectivity index (χ0n) is 33.0. The summed E-state index contributed by atoms with van der Waals surface area (Å²) in [6, 6.07) is 0. The predicted octanol–water partition coefficient (Wildman–Crippen LogP) is 6.93. The number of rotatable bonds is 28. The quantitative estimate of drug-likeness (QED) is 0.0774. The van der Waals surface area contributed by atoms with Crippen molar-refractivity contribution in [2.45, 2.75) is 209 Å². The maximum atomic E-state index is 10.0. The predicted molar refractivity (Wildman–Crippen MR) is 190 cm³/mol. The number of hydrogen-bond acceptors (Lipinski definition) is 8. The van der Waals surface area contributed by atoms with E-state index in [1.165, 1.54) is 51.4 Å². The number of carboxylic acid groups (broad SMARTS) is 4. The molecule has 0 aliphatic heterocycles. The van der Waals surface area contributed by atoms with Crippen LogP contribution in [-0.2, 0) is 45.4 Å². The minimum atomic E-state index is -0.918. The molecule has 0 N–H and O–H groups in total. The summed E-state index contributed by atoms with van der Waals surface area (Å²) in [7, 11) is 0. The van der Waals surface area contributed by atoms with E-state index in [9.17, 15) is 39.6 Å². The van der Waals surface area contributed by atoms with Crippen LogP contribution in [0.3, 0.4) is 0 Å². The molecule has 0 atom stereocenters. The third kappa shape index (κ3) is 77.5. The maximum absolute atomic E-state index is 10.0. The zero-order chi connectivity index (χ0) is 37.6. The van der Waals surface area contributed by atoms with Crippen LogP contribution in [0.25, 0.3) is 0 Å². The Morgan fingerprint density at radius 2 is 0.449 bits per heavy atom. The molecule has 0 saturated heterocycles. The zero-order valence-corrected chi connectivity index (χ0v) is 35.5. The van der Waals surface area contributed by atoms with E-state index in [0.29, 0.717) is 0 Å². The van der Waals surface area contributed by atoms with E-state index in [2.05, 4.69) is 55.4 Å². The smallest absolute Gasteiger partial charge is 0.550 e. The molecule has 0 unspecified atom stereocenters. The number of unbranched alkanes of at least 4 members (excludes halogenated alkanes) is 12. The van der Waals surface area contributed by atoms with E-state index in [-0.39, 0.29) is 51.9 Å². The van der Waals surface area contributed by atoms with Gasteiger partial charge in [-0.25, -0.2) is 0 Å². The summed E-state index contributed by atoms with van der Waals surface area (Å²) >= 11 is 0. The van der Waals surface area contributed by atoms with Crippen molar-refractivity contribution in [3.63, 3.8) is 0 Å². The fourth-order valence-corrected chi connectivity index (χ4v) is 4.70. The number of hydrogen-bond donors (Lipinski definition) is 0. The van der Waals surface area contributed by atoms with Crippen LogP contribution >= 0.6 is 0 Å². The topological polar surface area (TPSA) is 161 Å². The van der Waals surface area contributed by atoms with Gasteiger partial charge in [-0.15, -0.1) is 0 Å². The molecule has 0 spiro atoms. The molecule has 9 heteroatoms. The Morgan fingerprint density at radius 3 is 0.571 bits per heavy atom. The van der Waals surface area contributed by atoms with Gasteiger partial charge in [0.1, 0.15) is 0 Å². The Hall–Kier alpha value is -1.24. The van der Waals surface area contributed by atoms with Gasteiger partial charge in [0.05, 0.1) is 0 Å². The summed E-state index contributed by atoms with van der Waals surface area (Å²) in [5, 5.41) is 40.1. The summed E-state index contributed by atoms with van der Waals surface area (Å²) < 4.78 is 0. The number of carbonyl (C=O) groups excluding carboxylic acids is 4. The molecule has 49 heavy (non-hydrogen) atoms. The van der Waals surface area contributed by atoms with E-state index in [1.807, 2.05) is 0 Å². The van der Waals surface area contributed by atoms with E-state index in [1.54, 1.807) is 0 Å². The minimum Gasteiger partial charge on any atom is -0.550 e. The van der Waals surface area contributed by atoms with Crippen molar-refractivity contribution in [1.29, 1.82) is 0 Å². The van der Waals surface area contributed by atoms with Crippen LogP contribution in [0, 0.1) is 23.7 Å². The van der Waals surface area contributed by atoms with Crippen molar-refractivity contribution in [3.8, 4) is 0 Å². The Morgan fingerprint density at radius 1 is 0.306 bits per heavy atom. The summed E-state index contributed by atoms with van der Waals surface area (Å²) in [6.07, 6.45) is 22.7. The number of aliphatic carboxylic acids is 4. The molecule has 0 rings (SSSR count). The molecule has 0 aromatic heterocycles. The van der Waals surface area contributed by atoms with Crippen LogP contribution in [0.4, 0.5) is 0 Å². The van der Waals surface area contributed by atoms with Crippen LogP contribution < -0.4 is 20.4 Å². The Kier molecular flexibility index (Phi) is 52.2. The van der Waals surface area contributed by atoms with Gasteiger partial charge >= 0.3 is 26.2 Å². The monoisotopic (exact) mass is 774 g/mol. The molecule has 0 radical (unpaired) electrons. The minimum absolute atomic E-state index is 0. The molecule has 0 heterocycles. The average Bonchev–Trinajstić information content (AvgIpc) is 2.96. The maximum Gasteiger partial charge on any atom is 4.00 e. The average molecular weight is 776 g/mol. The molecule has 0 amide bonds. The summed E-state index contributed by atoms with van der Waals surface area (Å²) in [4.78, 5) is 40.1. The van der Waals surface area contributed by atoms with Gasteiger partial charge < -0.3 is 39.6 Å². The van der Waals surface area contributed by atoms with Crippen molar-refractivity contribution >= 4 is 23.9 Å². The second-order valence-electron chi connectivity index (χ2n) is 14.9. The molecule has 0 bridgehead atoms. The first-order valence-electron chi connectivity index (χ1n) is 19.3. The molecule has 0 aliphatic rings. The van der Waals surface area contributed by atoms with Crippen molar-refractivity contribution in [2.75, 3.05) is 0 Å². The van der Waals surface area contributed by atoms with Crippen molar-refractivity contribution < 1.29 is 65.8 Å². The summed E-state index contributed by atoms with van der Waals surface area (Å²) in [5.74, 6) is -0.593. The first kappa shape index (κ1) is 57.1. The van der Waals surface area contributed by atoms with E-state index in [0.717, 1.165) is 101 Å². The standard InChI is InChI=1S/4C10H20O2.Zr/c4*1-9(2)7-5-3-4-6-8-10(11)12;/h4*9H,3-8H2,1-2H3,(H,11,12);/q;;;;+4/p-4. The van der Waals surface area contributed by atoms with Gasteiger partial charge in [0.15, 0.2) is 0 Å². The second kappa shape index (κ2) is 44.8. The first-order chi connectivity index (χ1) is 22.5. The molecule has 288 valence electrons. The molecule has 0 fully saturated rings. The molecule has 0 aromatic rings. The fourth-order valence-electron chi connectivity index (χ4n) is 4.70. The van der Waals surface area contributed by atoms with E-state index in [4.69, 9.17) is 0 Å². The Labute approximate surface area is 321 Å². The van der Waals surface area contributed by atoms with Gasteiger partial charge in [-0.2, -0.15) is 0 Å². The second-order valence-corrected chi connectivity index (χ2v) is 14.9. The normalized spacial score (nSPS) is 10.4. The third-order valence-corrected chi connectivity index (χ3v) is 7.65. The van der Waals surface area contributed by atoms with Crippen LogP contribution in [-0.4, -0.2) is 23.9 Å². The van der Waals surface area contributed by atoms with Gasteiger partial charge in [0.25, 0.3) is 0 Å². The Balaban J connectivity index is -0.000000174. The van der Waals surface area contributed by atoms with Gasteiger partial charge in [0, 0.05) is 23.9 Å².